The molecular weight excluding hydrogens is 210 g/mol. The number of ether oxygens (including phenoxy) is 1. The summed E-state index contributed by atoms with van der Waals surface area (Å²) in [5, 5.41) is 0. The van der Waals surface area contributed by atoms with Crippen molar-refractivity contribution in [1.82, 2.24) is 0 Å². The summed E-state index contributed by atoms with van der Waals surface area (Å²) in [4.78, 5) is 2.45. The van der Waals surface area contributed by atoms with E-state index in [0.717, 1.165) is 18.8 Å². The predicted octanol–water partition coefficient (Wildman–Crippen LogP) is 3.81. The minimum Gasteiger partial charge on any atom is -0.497 e. The van der Waals surface area contributed by atoms with Crippen molar-refractivity contribution in [2.45, 2.75) is 27.7 Å². The van der Waals surface area contributed by atoms with Crippen molar-refractivity contribution in [2.24, 2.45) is 11.8 Å². The van der Waals surface area contributed by atoms with E-state index in [1.807, 2.05) is 12.1 Å². The van der Waals surface area contributed by atoms with Crippen LogP contribution >= 0.6 is 0 Å². The Kier molecular flexibility index (Phi) is 5.33. The molecule has 0 unspecified atom stereocenters. The number of hydrogen-bond donors (Lipinski definition) is 0. The Hall–Kier alpha value is -1.18. The van der Waals surface area contributed by atoms with Gasteiger partial charge in [-0.15, -0.1) is 0 Å². The van der Waals surface area contributed by atoms with Gasteiger partial charge in [0.15, 0.2) is 0 Å². The Balaban J connectivity index is 2.79. The molecule has 96 valence electrons. The summed E-state index contributed by atoms with van der Waals surface area (Å²) < 4.78 is 5.19. The molecule has 0 amide bonds. The molecule has 1 rings (SSSR count). The van der Waals surface area contributed by atoms with Gasteiger partial charge in [0.05, 0.1) is 7.11 Å². The number of benzene rings is 1. The van der Waals surface area contributed by atoms with Gasteiger partial charge in [0.1, 0.15) is 5.75 Å². The summed E-state index contributed by atoms with van der Waals surface area (Å²) in [6.45, 7) is 11.2. The van der Waals surface area contributed by atoms with Crippen molar-refractivity contribution in [3.05, 3.63) is 24.3 Å². The van der Waals surface area contributed by atoms with Gasteiger partial charge in [-0.1, -0.05) is 27.7 Å². The third-order valence-electron chi connectivity index (χ3n) is 2.61. The van der Waals surface area contributed by atoms with Gasteiger partial charge in [0, 0.05) is 18.8 Å². The minimum atomic E-state index is 0.677. The second-order valence-corrected chi connectivity index (χ2v) is 5.39. The molecule has 0 N–H and O–H groups in total. The van der Waals surface area contributed by atoms with E-state index in [-0.39, 0.29) is 0 Å². The topological polar surface area (TPSA) is 12.5 Å². The van der Waals surface area contributed by atoms with Gasteiger partial charge >= 0.3 is 0 Å². The van der Waals surface area contributed by atoms with Crippen LogP contribution in [0.25, 0.3) is 0 Å². The maximum Gasteiger partial charge on any atom is 0.119 e. The third-order valence-corrected chi connectivity index (χ3v) is 2.61. The number of nitrogens with zero attached hydrogens (tertiary/aromatic N) is 1. The van der Waals surface area contributed by atoms with Gasteiger partial charge in [-0.05, 0) is 36.1 Å². The molecule has 0 aromatic heterocycles. The monoisotopic (exact) mass is 235 g/mol. The Morgan fingerprint density at radius 1 is 0.941 bits per heavy atom. The molecule has 0 spiro atoms. The van der Waals surface area contributed by atoms with E-state index in [4.69, 9.17) is 4.74 Å². The second-order valence-electron chi connectivity index (χ2n) is 5.39. The van der Waals surface area contributed by atoms with E-state index >= 15 is 0 Å². The summed E-state index contributed by atoms with van der Waals surface area (Å²) in [6.07, 6.45) is 0. The van der Waals surface area contributed by atoms with E-state index in [0.29, 0.717) is 11.8 Å². The maximum absolute atomic E-state index is 5.19. The molecule has 0 saturated heterocycles. The first-order valence-corrected chi connectivity index (χ1v) is 6.42. The highest BCUT2D eigenvalue weighted by molar-refractivity contribution is 5.49. The molecule has 0 heterocycles. The molecule has 0 aliphatic heterocycles. The quantitative estimate of drug-likeness (QED) is 0.743. The fourth-order valence-corrected chi connectivity index (χ4v) is 1.96. The molecular formula is C15H25NO. The van der Waals surface area contributed by atoms with E-state index in [1.165, 1.54) is 5.69 Å². The van der Waals surface area contributed by atoms with Crippen LogP contribution in [0.5, 0.6) is 5.75 Å². The van der Waals surface area contributed by atoms with Crippen LogP contribution < -0.4 is 9.64 Å². The predicted molar refractivity (Wildman–Crippen MR) is 74.9 cm³/mol. The van der Waals surface area contributed by atoms with Crippen LogP contribution in [0, 0.1) is 11.8 Å². The van der Waals surface area contributed by atoms with Crippen LogP contribution in [0.2, 0.25) is 0 Å². The maximum atomic E-state index is 5.19. The average Bonchev–Trinajstić information content (AvgIpc) is 2.27. The number of anilines is 1. The molecule has 0 radical (unpaired) electrons. The van der Waals surface area contributed by atoms with Crippen LogP contribution in [0.3, 0.4) is 0 Å². The van der Waals surface area contributed by atoms with Gasteiger partial charge in [-0.3, -0.25) is 0 Å². The molecule has 0 fully saturated rings. The van der Waals surface area contributed by atoms with Crippen molar-refractivity contribution in [3.63, 3.8) is 0 Å². The zero-order chi connectivity index (χ0) is 12.8. The van der Waals surface area contributed by atoms with Crippen LogP contribution in [-0.2, 0) is 0 Å². The second kappa shape index (κ2) is 6.53. The highest BCUT2D eigenvalue weighted by atomic mass is 16.5. The lowest BCUT2D eigenvalue weighted by atomic mass is 10.1. The van der Waals surface area contributed by atoms with Crippen LogP contribution in [0.4, 0.5) is 5.69 Å². The van der Waals surface area contributed by atoms with Gasteiger partial charge in [-0.25, -0.2) is 0 Å². The summed E-state index contributed by atoms with van der Waals surface area (Å²) in [7, 11) is 1.70. The SMILES string of the molecule is COc1ccc(N(CC(C)C)CC(C)C)cc1. The molecule has 17 heavy (non-hydrogen) atoms. The standard InChI is InChI=1S/C15H25NO/c1-12(2)10-16(11-13(3)4)14-6-8-15(17-5)9-7-14/h6-9,12-13H,10-11H2,1-5H3. The van der Waals surface area contributed by atoms with E-state index in [9.17, 15) is 0 Å². The van der Waals surface area contributed by atoms with Crippen LogP contribution in [-0.4, -0.2) is 20.2 Å². The first-order valence-electron chi connectivity index (χ1n) is 6.42. The van der Waals surface area contributed by atoms with Gasteiger partial charge in [-0.2, -0.15) is 0 Å². The summed E-state index contributed by atoms with van der Waals surface area (Å²) in [5.41, 5.74) is 1.29. The molecule has 0 aliphatic carbocycles. The van der Waals surface area contributed by atoms with Gasteiger partial charge in [0.25, 0.3) is 0 Å². The Bertz CT molecular complexity index is 306. The fraction of sp³-hybridized carbons (Fsp3) is 0.600. The summed E-state index contributed by atoms with van der Waals surface area (Å²) >= 11 is 0. The smallest absolute Gasteiger partial charge is 0.119 e. The van der Waals surface area contributed by atoms with Crippen molar-refractivity contribution >= 4 is 5.69 Å². The summed E-state index contributed by atoms with van der Waals surface area (Å²) in [6, 6.07) is 8.35. The molecule has 2 nitrogen and oxygen atoms in total. The highest BCUT2D eigenvalue weighted by Crippen LogP contribution is 2.21. The van der Waals surface area contributed by atoms with E-state index in [1.54, 1.807) is 7.11 Å². The minimum absolute atomic E-state index is 0.677. The Morgan fingerprint density at radius 3 is 1.76 bits per heavy atom. The average molecular weight is 235 g/mol. The van der Waals surface area contributed by atoms with Gasteiger partial charge in [0.2, 0.25) is 0 Å². The Morgan fingerprint density at radius 2 is 1.41 bits per heavy atom. The zero-order valence-electron chi connectivity index (χ0n) is 11.7. The first kappa shape index (κ1) is 13.9. The van der Waals surface area contributed by atoms with Crippen molar-refractivity contribution in [2.75, 3.05) is 25.1 Å². The fourth-order valence-electron chi connectivity index (χ4n) is 1.96. The lowest BCUT2D eigenvalue weighted by Crippen LogP contribution is -2.31. The van der Waals surface area contributed by atoms with Crippen molar-refractivity contribution in [3.8, 4) is 5.75 Å². The number of methoxy groups -OCH3 is 1. The molecule has 1 aromatic rings. The van der Waals surface area contributed by atoms with Gasteiger partial charge < -0.3 is 9.64 Å². The molecule has 0 saturated carbocycles. The molecule has 1 aromatic carbocycles. The van der Waals surface area contributed by atoms with Crippen LogP contribution in [0.1, 0.15) is 27.7 Å². The molecule has 0 atom stereocenters. The molecule has 0 aliphatic rings. The largest absolute Gasteiger partial charge is 0.497 e. The third kappa shape index (κ3) is 4.68. The first-order chi connectivity index (χ1) is 8.02. The Labute approximate surface area is 106 Å². The highest BCUT2D eigenvalue weighted by Gasteiger charge is 2.10. The van der Waals surface area contributed by atoms with Crippen molar-refractivity contribution in [1.29, 1.82) is 0 Å². The number of hydrogen-bond acceptors (Lipinski definition) is 2. The lowest BCUT2D eigenvalue weighted by molar-refractivity contribution is 0.414. The normalized spacial score (nSPS) is 11.0. The van der Waals surface area contributed by atoms with E-state index in [2.05, 4.69) is 44.7 Å². The molecule has 0 bridgehead atoms. The lowest BCUT2D eigenvalue weighted by Gasteiger charge is -2.28. The van der Waals surface area contributed by atoms with Crippen molar-refractivity contribution < 1.29 is 4.74 Å². The van der Waals surface area contributed by atoms with E-state index < -0.39 is 0 Å². The number of rotatable bonds is 6. The summed E-state index contributed by atoms with van der Waals surface area (Å²) in [5.74, 6) is 2.27. The zero-order valence-corrected chi connectivity index (χ0v) is 11.7. The molecule has 2 heteroatoms. The van der Waals surface area contributed by atoms with Crippen LogP contribution in [0.15, 0.2) is 24.3 Å².